The molecule has 0 aromatic carbocycles. The van der Waals surface area contributed by atoms with E-state index in [2.05, 4.69) is 19.9 Å². The first-order valence-electron chi connectivity index (χ1n) is 11.4. The molecule has 2 aliphatic carbocycles. The highest BCUT2D eigenvalue weighted by Gasteiger charge is 2.32. The molecule has 2 fully saturated rings. The minimum absolute atomic E-state index is 0.0997. The predicted octanol–water partition coefficient (Wildman–Crippen LogP) is 7.85. The summed E-state index contributed by atoms with van der Waals surface area (Å²) in [4.78, 5) is 14.8. The van der Waals surface area contributed by atoms with Gasteiger partial charge in [-0.2, -0.15) is 0 Å². The number of rotatable bonds is 6. The van der Waals surface area contributed by atoms with Crippen molar-refractivity contribution < 1.29 is 9.53 Å². The number of carbonyl (C=O) groups is 1. The van der Waals surface area contributed by atoms with Crippen molar-refractivity contribution in [3.63, 3.8) is 0 Å². The molecule has 0 spiro atoms. The Balaban J connectivity index is 1.26. The number of thiophene rings is 2. The van der Waals surface area contributed by atoms with E-state index in [1.165, 1.54) is 65.6 Å². The quantitative estimate of drug-likeness (QED) is 0.446. The molecule has 0 N–H and O–H groups in total. The molecule has 0 bridgehead atoms. The molecule has 4 heteroatoms. The Bertz CT molecular complexity index is 742. The lowest BCUT2D eigenvalue weighted by atomic mass is 9.70. The molecule has 0 saturated heterocycles. The summed E-state index contributed by atoms with van der Waals surface area (Å²) in [6.45, 7) is 4.55. The average molecular weight is 419 g/mol. The highest BCUT2D eigenvalue weighted by Crippen LogP contribution is 2.41. The van der Waals surface area contributed by atoms with Crippen molar-refractivity contribution in [2.75, 3.05) is 0 Å². The van der Waals surface area contributed by atoms with Gasteiger partial charge in [0.25, 0.3) is 0 Å². The van der Waals surface area contributed by atoms with E-state index in [1.54, 1.807) is 11.3 Å². The lowest BCUT2D eigenvalue weighted by molar-refractivity contribution is 0.0115. The van der Waals surface area contributed by atoms with E-state index in [0.717, 1.165) is 41.9 Å². The number of fused-ring (bicyclic) bond motifs is 1. The number of carbonyl (C=O) groups excluding carboxylic acids is 1. The normalized spacial score (nSPS) is 28.5. The molecule has 2 aliphatic rings. The maximum Gasteiger partial charge on any atom is 0.348 e. The summed E-state index contributed by atoms with van der Waals surface area (Å²) in [5, 5.41) is 1.22. The summed E-state index contributed by atoms with van der Waals surface area (Å²) in [5.41, 5.74) is 0. The van der Waals surface area contributed by atoms with Gasteiger partial charge in [-0.25, -0.2) is 4.79 Å². The van der Waals surface area contributed by atoms with Crippen LogP contribution in [-0.4, -0.2) is 12.1 Å². The Hall–Kier alpha value is -0.870. The fraction of sp³-hybridized carbons (Fsp3) is 0.708. The van der Waals surface area contributed by atoms with Crippen LogP contribution in [0.15, 0.2) is 12.1 Å². The van der Waals surface area contributed by atoms with Gasteiger partial charge in [-0.3, -0.25) is 0 Å². The van der Waals surface area contributed by atoms with E-state index in [1.807, 2.05) is 17.4 Å². The summed E-state index contributed by atoms with van der Waals surface area (Å²) in [7, 11) is 0. The maximum atomic E-state index is 12.6. The van der Waals surface area contributed by atoms with Crippen LogP contribution in [0.5, 0.6) is 0 Å². The standard InChI is InChI=1S/C24H34O2S2/c1-3-5-21-14-19-15-22(28-24(19)27-21)23(25)26-20-12-10-18(11-13-20)17-8-6-16(4-2)7-9-17/h14-18,20H,3-13H2,1-2H3. The van der Waals surface area contributed by atoms with Crippen LogP contribution in [-0.2, 0) is 11.2 Å². The lowest BCUT2D eigenvalue weighted by Gasteiger charge is -2.37. The number of aryl methyl sites for hydroxylation is 1. The second-order valence-corrected chi connectivity index (χ2v) is 11.4. The molecule has 28 heavy (non-hydrogen) atoms. The Labute approximate surface area is 177 Å². The van der Waals surface area contributed by atoms with Crippen LogP contribution < -0.4 is 0 Å². The monoisotopic (exact) mass is 418 g/mol. The van der Waals surface area contributed by atoms with Gasteiger partial charge in [0.15, 0.2) is 0 Å². The second kappa shape index (κ2) is 9.30. The van der Waals surface area contributed by atoms with Crippen molar-refractivity contribution in [1.82, 2.24) is 0 Å². The van der Waals surface area contributed by atoms with Crippen LogP contribution in [0.2, 0.25) is 0 Å². The van der Waals surface area contributed by atoms with Crippen molar-refractivity contribution in [1.29, 1.82) is 0 Å². The molecular formula is C24H34O2S2. The Morgan fingerprint density at radius 3 is 2.25 bits per heavy atom. The zero-order chi connectivity index (χ0) is 19.5. The first-order valence-corrected chi connectivity index (χ1v) is 13.0. The highest BCUT2D eigenvalue weighted by molar-refractivity contribution is 7.39. The van der Waals surface area contributed by atoms with Gasteiger partial charge in [-0.15, -0.1) is 22.7 Å². The number of ether oxygens (including phenoxy) is 1. The predicted molar refractivity (Wildman–Crippen MR) is 121 cm³/mol. The minimum Gasteiger partial charge on any atom is -0.458 e. The van der Waals surface area contributed by atoms with Crippen molar-refractivity contribution in [2.24, 2.45) is 17.8 Å². The van der Waals surface area contributed by atoms with Gasteiger partial charge in [0.2, 0.25) is 0 Å². The minimum atomic E-state index is -0.0997. The summed E-state index contributed by atoms with van der Waals surface area (Å²) >= 11 is 3.44. The molecule has 0 aliphatic heterocycles. The third-order valence-corrected chi connectivity index (χ3v) is 9.52. The van der Waals surface area contributed by atoms with Crippen LogP contribution >= 0.6 is 22.7 Å². The Morgan fingerprint density at radius 1 is 0.964 bits per heavy atom. The SMILES string of the molecule is CCCc1cc2cc(C(=O)OC3CCC(C4CCC(CC)CC4)CC3)sc2s1. The summed E-state index contributed by atoms with van der Waals surface area (Å²) in [5.74, 6) is 2.68. The fourth-order valence-electron chi connectivity index (χ4n) is 5.32. The molecule has 0 atom stereocenters. The fourth-order valence-corrected chi connectivity index (χ4v) is 7.79. The van der Waals surface area contributed by atoms with Crippen LogP contribution in [0.4, 0.5) is 0 Å². The van der Waals surface area contributed by atoms with Crippen LogP contribution in [0.1, 0.15) is 92.6 Å². The Kier molecular flexibility index (Phi) is 6.78. The van der Waals surface area contributed by atoms with Gasteiger partial charge in [-0.05, 0) is 74.8 Å². The van der Waals surface area contributed by atoms with E-state index < -0.39 is 0 Å². The van der Waals surface area contributed by atoms with Gasteiger partial charge in [0.1, 0.15) is 11.0 Å². The van der Waals surface area contributed by atoms with Crippen molar-refractivity contribution in [3.8, 4) is 0 Å². The van der Waals surface area contributed by atoms with E-state index in [0.29, 0.717) is 0 Å². The summed E-state index contributed by atoms with van der Waals surface area (Å²) in [6.07, 6.45) is 14.1. The van der Waals surface area contributed by atoms with Crippen molar-refractivity contribution in [3.05, 3.63) is 21.9 Å². The van der Waals surface area contributed by atoms with Gasteiger partial charge in [-0.1, -0.05) is 39.5 Å². The van der Waals surface area contributed by atoms with Gasteiger partial charge < -0.3 is 4.74 Å². The molecular weight excluding hydrogens is 384 g/mol. The third-order valence-electron chi connectivity index (χ3n) is 7.09. The van der Waals surface area contributed by atoms with Crippen molar-refractivity contribution >= 4 is 38.0 Å². The summed E-state index contributed by atoms with van der Waals surface area (Å²) < 4.78 is 7.17. The topological polar surface area (TPSA) is 26.3 Å². The molecule has 154 valence electrons. The number of hydrogen-bond acceptors (Lipinski definition) is 4. The second-order valence-electron chi connectivity index (χ2n) is 8.95. The maximum absolute atomic E-state index is 12.6. The molecule has 4 rings (SSSR count). The summed E-state index contributed by atoms with van der Waals surface area (Å²) in [6, 6.07) is 4.28. The molecule has 2 aromatic heterocycles. The van der Waals surface area contributed by atoms with Crippen LogP contribution in [0.3, 0.4) is 0 Å². The number of esters is 1. The molecule has 0 unspecified atom stereocenters. The van der Waals surface area contributed by atoms with Crippen LogP contribution in [0.25, 0.3) is 9.40 Å². The van der Waals surface area contributed by atoms with Gasteiger partial charge >= 0.3 is 5.97 Å². The first kappa shape index (κ1) is 20.4. The van der Waals surface area contributed by atoms with Gasteiger partial charge in [0, 0.05) is 10.3 Å². The zero-order valence-electron chi connectivity index (χ0n) is 17.4. The Morgan fingerprint density at radius 2 is 1.64 bits per heavy atom. The molecule has 2 heterocycles. The molecule has 2 saturated carbocycles. The van der Waals surface area contributed by atoms with Gasteiger partial charge in [0.05, 0.1) is 4.01 Å². The first-order chi connectivity index (χ1) is 13.7. The molecule has 0 radical (unpaired) electrons. The van der Waals surface area contributed by atoms with E-state index in [4.69, 9.17) is 4.74 Å². The smallest absolute Gasteiger partial charge is 0.348 e. The van der Waals surface area contributed by atoms with Crippen LogP contribution in [0, 0.1) is 17.8 Å². The highest BCUT2D eigenvalue weighted by atomic mass is 32.2. The molecule has 2 nitrogen and oxygen atoms in total. The van der Waals surface area contributed by atoms with E-state index >= 15 is 0 Å². The van der Waals surface area contributed by atoms with E-state index in [9.17, 15) is 4.79 Å². The molecule has 0 amide bonds. The zero-order valence-corrected chi connectivity index (χ0v) is 19.0. The molecule has 2 aromatic rings. The third kappa shape index (κ3) is 4.64. The van der Waals surface area contributed by atoms with Crippen molar-refractivity contribution in [2.45, 2.75) is 90.6 Å². The largest absolute Gasteiger partial charge is 0.458 e. The lowest BCUT2D eigenvalue weighted by Crippen LogP contribution is -2.29. The van der Waals surface area contributed by atoms with E-state index in [-0.39, 0.29) is 12.1 Å². The number of hydrogen-bond donors (Lipinski definition) is 0. The average Bonchev–Trinajstić information content (AvgIpc) is 3.28.